The van der Waals surface area contributed by atoms with E-state index in [0.29, 0.717) is 25.1 Å². The summed E-state index contributed by atoms with van der Waals surface area (Å²) in [4.78, 5) is 1.83. The molecule has 0 spiro atoms. The molecule has 0 fully saturated rings. The van der Waals surface area contributed by atoms with Crippen LogP contribution in [0.3, 0.4) is 0 Å². The Hall–Kier alpha value is -2.92. The molecule has 1 aliphatic heterocycles. The van der Waals surface area contributed by atoms with Gasteiger partial charge in [0.25, 0.3) is 0 Å². The van der Waals surface area contributed by atoms with E-state index >= 15 is 0 Å². The van der Waals surface area contributed by atoms with Gasteiger partial charge in [-0.3, -0.25) is 0 Å². The molecule has 0 bridgehead atoms. The summed E-state index contributed by atoms with van der Waals surface area (Å²) in [6.07, 6.45) is 3.95. The van der Waals surface area contributed by atoms with E-state index in [9.17, 15) is 21.9 Å². The molecule has 0 aliphatic carbocycles. The van der Waals surface area contributed by atoms with Crippen molar-refractivity contribution >= 4 is 31.2 Å². The summed E-state index contributed by atoms with van der Waals surface area (Å²) in [6, 6.07) is 19.5. The van der Waals surface area contributed by atoms with Crippen LogP contribution in [0.2, 0.25) is 0 Å². The van der Waals surface area contributed by atoms with Crippen molar-refractivity contribution in [3.63, 3.8) is 0 Å². The third-order valence-corrected chi connectivity index (χ3v) is 10.9. The second kappa shape index (κ2) is 11.9. The molecule has 0 saturated heterocycles. The zero-order valence-corrected chi connectivity index (χ0v) is 25.1. The normalized spacial score (nSPS) is 19.2. The Bertz CT molecular complexity index is 1540. The van der Waals surface area contributed by atoms with Crippen LogP contribution in [0.25, 0.3) is 0 Å². The highest BCUT2D eigenvalue weighted by Gasteiger charge is 2.48. The maximum atomic E-state index is 14.7. The molecule has 40 heavy (non-hydrogen) atoms. The van der Waals surface area contributed by atoms with E-state index in [4.69, 9.17) is 4.74 Å². The van der Waals surface area contributed by atoms with Crippen LogP contribution in [0, 0.1) is 0 Å². The van der Waals surface area contributed by atoms with Gasteiger partial charge in [-0.1, -0.05) is 57.0 Å². The molecule has 8 nitrogen and oxygen atoms in total. The van der Waals surface area contributed by atoms with Crippen LogP contribution in [0.1, 0.15) is 50.7 Å². The summed E-state index contributed by atoms with van der Waals surface area (Å²) >= 11 is 0. The van der Waals surface area contributed by atoms with Gasteiger partial charge in [-0.2, -0.15) is 4.31 Å². The monoisotopic (exact) mass is 586 g/mol. The largest absolute Gasteiger partial charge is 0.497 e. The number of methoxy groups -OCH3 is 1. The molecule has 1 N–H and O–H groups in total. The van der Waals surface area contributed by atoms with Crippen molar-refractivity contribution in [1.29, 1.82) is 0 Å². The number of anilines is 2. The topological polar surface area (TPSA) is 104 Å². The molecule has 1 aliphatic rings. The molecule has 0 aromatic heterocycles. The number of aliphatic hydroxyl groups is 1. The summed E-state index contributed by atoms with van der Waals surface area (Å²) in [5, 5.41) is 10.1. The highest BCUT2D eigenvalue weighted by molar-refractivity contribution is 7.91. The van der Waals surface area contributed by atoms with Crippen molar-refractivity contribution in [1.82, 2.24) is 4.31 Å². The number of nitrogens with zero attached hydrogens (tertiary/aromatic N) is 2. The van der Waals surface area contributed by atoms with Crippen molar-refractivity contribution in [2.45, 2.75) is 68.0 Å². The van der Waals surface area contributed by atoms with E-state index < -0.39 is 32.0 Å². The van der Waals surface area contributed by atoms with Gasteiger partial charge in [0.2, 0.25) is 10.0 Å². The average Bonchev–Trinajstić information content (AvgIpc) is 3.03. The maximum Gasteiger partial charge on any atom is 0.246 e. The minimum atomic E-state index is -4.16. The van der Waals surface area contributed by atoms with Gasteiger partial charge >= 0.3 is 0 Å². The first kappa shape index (κ1) is 30.0. The predicted octanol–water partition coefficient (Wildman–Crippen LogP) is 5.27. The molecule has 1 unspecified atom stereocenters. The highest BCUT2D eigenvalue weighted by Crippen LogP contribution is 2.46. The van der Waals surface area contributed by atoms with E-state index in [1.165, 1.54) is 12.1 Å². The second-order valence-corrected chi connectivity index (χ2v) is 14.1. The molecule has 0 amide bonds. The second-order valence-electron chi connectivity index (χ2n) is 10.3. The Labute approximate surface area is 238 Å². The summed E-state index contributed by atoms with van der Waals surface area (Å²) in [7, 11) is -6.34. The van der Waals surface area contributed by atoms with E-state index in [0.717, 1.165) is 30.3 Å². The number of aliphatic hydroxyl groups excluding tert-OH is 1. The lowest BCUT2D eigenvalue weighted by Gasteiger charge is -2.43. The van der Waals surface area contributed by atoms with Crippen LogP contribution in [0.15, 0.2) is 76.5 Å². The molecular formula is C30H38N2O6S2. The summed E-state index contributed by atoms with van der Waals surface area (Å²) in [5.74, 6) is 0.678. The quantitative estimate of drug-likeness (QED) is 0.345. The first-order valence-electron chi connectivity index (χ1n) is 13.5. The first-order valence-corrected chi connectivity index (χ1v) is 16.8. The average molecular weight is 587 g/mol. The molecule has 1 atom stereocenters. The summed E-state index contributed by atoms with van der Waals surface area (Å²) in [6.45, 7) is 3.94. The number of ether oxygens (including phenoxy) is 1. The van der Waals surface area contributed by atoms with Crippen LogP contribution in [-0.2, 0) is 33.0 Å². The van der Waals surface area contributed by atoms with E-state index in [2.05, 4.69) is 6.92 Å². The molecule has 0 radical (unpaired) electrons. The molecule has 216 valence electrons. The van der Waals surface area contributed by atoms with Gasteiger partial charge in [0.1, 0.15) is 10.6 Å². The Morgan fingerprint density at radius 2 is 1.70 bits per heavy atom. The fourth-order valence-corrected chi connectivity index (χ4v) is 8.47. The smallest absolute Gasteiger partial charge is 0.246 e. The molecular weight excluding hydrogens is 548 g/mol. The van der Waals surface area contributed by atoms with Gasteiger partial charge < -0.3 is 14.7 Å². The third-order valence-electron chi connectivity index (χ3n) is 7.76. The molecule has 1 heterocycles. The SMILES string of the molecule is CCCCC1(CC)CN(c2ccccc2)c2cc(S(C)(=O)=O)c(CO)cc2S(=O)(=O)N1Cc1ccc(OC)cc1. The first-order chi connectivity index (χ1) is 19.0. The fraction of sp³-hybridized carbons (Fsp3) is 0.400. The Morgan fingerprint density at radius 3 is 2.25 bits per heavy atom. The van der Waals surface area contributed by atoms with E-state index in [-0.39, 0.29) is 27.6 Å². The van der Waals surface area contributed by atoms with Crippen LogP contribution in [-0.4, -0.2) is 51.7 Å². The number of sulfone groups is 1. The zero-order valence-electron chi connectivity index (χ0n) is 23.5. The predicted molar refractivity (Wildman–Crippen MR) is 157 cm³/mol. The highest BCUT2D eigenvalue weighted by atomic mass is 32.2. The zero-order chi connectivity index (χ0) is 29.1. The van der Waals surface area contributed by atoms with Gasteiger partial charge in [-0.15, -0.1) is 0 Å². The van der Waals surface area contributed by atoms with Gasteiger partial charge in [0.15, 0.2) is 9.84 Å². The van der Waals surface area contributed by atoms with E-state index in [1.54, 1.807) is 11.4 Å². The van der Waals surface area contributed by atoms with Crippen molar-refractivity contribution in [3.8, 4) is 5.75 Å². The van der Waals surface area contributed by atoms with Gasteiger partial charge in [-0.25, -0.2) is 16.8 Å². The molecule has 0 saturated carbocycles. The Kier molecular flexibility index (Phi) is 8.94. The number of benzene rings is 3. The van der Waals surface area contributed by atoms with Crippen molar-refractivity contribution in [3.05, 3.63) is 77.9 Å². The lowest BCUT2D eigenvalue weighted by molar-refractivity contribution is 0.163. The number of rotatable bonds is 10. The number of para-hydroxylation sites is 1. The standard InChI is InChI=1S/C30H38N2O6S2/c1-5-7-17-30(6-2)22-31(25-11-9-8-10-12-25)27-19-28(39(4,34)35)24(21-33)18-29(27)40(36,37)32(30)20-23-13-15-26(38-3)16-14-23/h8-16,18-19,33H,5-7,17,20-22H2,1-4H3. The lowest BCUT2D eigenvalue weighted by atomic mass is 9.88. The minimum Gasteiger partial charge on any atom is -0.497 e. The van der Waals surface area contributed by atoms with Gasteiger partial charge in [0, 0.05) is 25.0 Å². The third kappa shape index (κ3) is 5.76. The number of fused-ring (bicyclic) bond motifs is 1. The number of unbranched alkanes of at least 4 members (excludes halogenated alkanes) is 1. The Balaban J connectivity index is 2.04. The molecule has 4 rings (SSSR count). The lowest BCUT2D eigenvalue weighted by Crippen LogP contribution is -2.54. The molecule has 10 heteroatoms. The van der Waals surface area contributed by atoms with E-state index in [1.807, 2.05) is 66.4 Å². The van der Waals surface area contributed by atoms with Gasteiger partial charge in [0.05, 0.1) is 29.8 Å². The molecule has 3 aromatic carbocycles. The summed E-state index contributed by atoms with van der Waals surface area (Å²) in [5.41, 5.74) is 1.11. The van der Waals surface area contributed by atoms with Crippen molar-refractivity contribution in [2.75, 3.05) is 24.8 Å². The van der Waals surface area contributed by atoms with Crippen molar-refractivity contribution in [2.24, 2.45) is 0 Å². The number of sulfonamides is 1. The Morgan fingerprint density at radius 1 is 1.02 bits per heavy atom. The maximum absolute atomic E-state index is 14.7. The number of hydrogen-bond donors (Lipinski definition) is 1. The fourth-order valence-electron chi connectivity index (χ4n) is 5.47. The van der Waals surface area contributed by atoms with Crippen molar-refractivity contribution < 1.29 is 26.7 Å². The van der Waals surface area contributed by atoms with Crippen LogP contribution in [0.5, 0.6) is 5.75 Å². The van der Waals surface area contributed by atoms with Gasteiger partial charge in [-0.05, 0) is 60.4 Å². The van der Waals surface area contributed by atoms with Crippen LogP contribution in [0.4, 0.5) is 11.4 Å². The molecule has 3 aromatic rings. The van der Waals surface area contributed by atoms with Crippen LogP contribution < -0.4 is 9.64 Å². The number of hydrogen-bond acceptors (Lipinski definition) is 7. The summed E-state index contributed by atoms with van der Waals surface area (Å²) < 4.78 is 61.9. The van der Waals surface area contributed by atoms with Crippen LogP contribution >= 0.6 is 0 Å². The minimum absolute atomic E-state index is 0.0202.